The Labute approximate surface area is 149 Å². The Bertz CT molecular complexity index is 904. The molecule has 2 aromatic rings. The van der Waals surface area contributed by atoms with Gasteiger partial charge in [0, 0.05) is 6.04 Å². The van der Waals surface area contributed by atoms with Crippen LogP contribution in [0.2, 0.25) is 0 Å². The van der Waals surface area contributed by atoms with Gasteiger partial charge in [0.1, 0.15) is 0 Å². The standard InChI is InChI=1S/C19H23NO4S/c1-12-6-8-16(10-14(12)3)15(4)20-25(22,23)17-9-7-13(2)18(11-17)19(21)24-5/h6-11,15,20H,1-5H3/t15-/m1/s1. The molecule has 1 atom stereocenters. The second-order valence-electron chi connectivity index (χ2n) is 6.15. The lowest BCUT2D eigenvalue weighted by molar-refractivity contribution is 0.0599. The summed E-state index contributed by atoms with van der Waals surface area (Å²) in [5, 5.41) is 0. The number of nitrogens with one attached hydrogen (secondary N) is 1. The molecule has 0 aliphatic carbocycles. The Balaban J connectivity index is 2.32. The maximum Gasteiger partial charge on any atom is 0.338 e. The molecule has 0 heterocycles. The van der Waals surface area contributed by atoms with E-state index in [1.165, 1.54) is 19.2 Å². The molecule has 0 bridgehead atoms. The maximum atomic E-state index is 12.7. The quantitative estimate of drug-likeness (QED) is 0.828. The number of ether oxygens (including phenoxy) is 1. The molecule has 2 rings (SSSR count). The SMILES string of the molecule is COC(=O)c1cc(S(=O)(=O)N[C@H](C)c2ccc(C)c(C)c2)ccc1C. The molecule has 0 unspecified atom stereocenters. The Kier molecular flexibility index (Phi) is 5.65. The predicted molar refractivity (Wildman–Crippen MR) is 97.2 cm³/mol. The van der Waals surface area contributed by atoms with E-state index in [-0.39, 0.29) is 10.5 Å². The molecule has 1 N–H and O–H groups in total. The number of rotatable bonds is 5. The molecular weight excluding hydrogens is 338 g/mol. The van der Waals surface area contributed by atoms with Crippen molar-refractivity contribution in [1.82, 2.24) is 4.72 Å². The third-order valence-corrected chi connectivity index (χ3v) is 5.83. The Morgan fingerprint density at radius 3 is 2.24 bits per heavy atom. The van der Waals surface area contributed by atoms with Crippen molar-refractivity contribution in [1.29, 1.82) is 0 Å². The number of hydrogen-bond acceptors (Lipinski definition) is 4. The normalized spacial score (nSPS) is 12.7. The minimum Gasteiger partial charge on any atom is -0.465 e. The Hall–Kier alpha value is -2.18. The highest BCUT2D eigenvalue weighted by atomic mass is 32.2. The third-order valence-electron chi connectivity index (χ3n) is 4.29. The fraction of sp³-hybridized carbons (Fsp3) is 0.316. The van der Waals surface area contributed by atoms with Gasteiger partial charge in [0.05, 0.1) is 17.6 Å². The van der Waals surface area contributed by atoms with E-state index in [0.29, 0.717) is 5.56 Å². The molecule has 6 heteroatoms. The van der Waals surface area contributed by atoms with Crippen LogP contribution in [0.4, 0.5) is 0 Å². The van der Waals surface area contributed by atoms with Gasteiger partial charge in [0.25, 0.3) is 0 Å². The monoisotopic (exact) mass is 361 g/mol. The van der Waals surface area contributed by atoms with E-state index in [0.717, 1.165) is 16.7 Å². The topological polar surface area (TPSA) is 72.5 Å². The van der Waals surface area contributed by atoms with Crippen LogP contribution in [-0.2, 0) is 14.8 Å². The summed E-state index contributed by atoms with van der Waals surface area (Å²) in [4.78, 5) is 11.8. The van der Waals surface area contributed by atoms with Crippen LogP contribution >= 0.6 is 0 Å². The first kappa shape index (κ1) is 19.1. The third kappa shape index (κ3) is 4.27. The van der Waals surface area contributed by atoms with Crippen molar-refractivity contribution >= 4 is 16.0 Å². The number of carbonyl (C=O) groups is 1. The lowest BCUT2D eigenvalue weighted by Crippen LogP contribution is -2.27. The minimum absolute atomic E-state index is 0.0363. The van der Waals surface area contributed by atoms with Gasteiger partial charge in [-0.1, -0.05) is 24.3 Å². The largest absolute Gasteiger partial charge is 0.465 e. The van der Waals surface area contributed by atoms with Crippen LogP contribution in [0.15, 0.2) is 41.3 Å². The minimum atomic E-state index is -3.77. The molecule has 0 aliphatic heterocycles. The van der Waals surface area contributed by atoms with Crippen molar-refractivity contribution in [3.63, 3.8) is 0 Å². The van der Waals surface area contributed by atoms with E-state index >= 15 is 0 Å². The van der Waals surface area contributed by atoms with Crippen LogP contribution in [-0.4, -0.2) is 21.5 Å². The molecule has 134 valence electrons. The van der Waals surface area contributed by atoms with Gasteiger partial charge in [0.15, 0.2) is 0 Å². The maximum absolute atomic E-state index is 12.7. The van der Waals surface area contributed by atoms with E-state index in [4.69, 9.17) is 4.74 Å². The number of esters is 1. The molecule has 0 aliphatic rings. The van der Waals surface area contributed by atoms with Crippen LogP contribution in [0.5, 0.6) is 0 Å². The van der Waals surface area contributed by atoms with Crippen LogP contribution in [0.1, 0.15) is 45.6 Å². The summed E-state index contributed by atoms with van der Waals surface area (Å²) in [7, 11) is -2.50. The smallest absolute Gasteiger partial charge is 0.338 e. The summed E-state index contributed by atoms with van der Waals surface area (Å²) in [5.41, 5.74) is 4.04. The van der Waals surface area contributed by atoms with Crippen molar-refractivity contribution in [3.05, 3.63) is 64.2 Å². The summed E-state index contributed by atoms with van der Waals surface area (Å²) in [6, 6.07) is 9.88. The summed E-state index contributed by atoms with van der Waals surface area (Å²) in [5.74, 6) is -0.559. The van der Waals surface area contributed by atoms with Crippen molar-refractivity contribution < 1.29 is 17.9 Å². The van der Waals surface area contributed by atoms with Gasteiger partial charge in [-0.05, 0) is 62.1 Å². The van der Waals surface area contributed by atoms with Crippen LogP contribution < -0.4 is 4.72 Å². The van der Waals surface area contributed by atoms with Gasteiger partial charge in [0.2, 0.25) is 10.0 Å². The van der Waals surface area contributed by atoms with Crippen molar-refractivity contribution in [2.75, 3.05) is 7.11 Å². The molecular formula is C19H23NO4S. The molecule has 25 heavy (non-hydrogen) atoms. The molecule has 0 fully saturated rings. The second-order valence-corrected chi connectivity index (χ2v) is 7.87. The summed E-state index contributed by atoms with van der Waals surface area (Å²) in [6.45, 7) is 7.52. The lowest BCUT2D eigenvalue weighted by atomic mass is 10.0. The van der Waals surface area contributed by atoms with E-state index in [1.807, 2.05) is 32.0 Å². The van der Waals surface area contributed by atoms with Gasteiger partial charge in [-0.2, -0.15) is 0 Å². The molecule has 5 nitrogen and oxygen atoms in total. The average Bonchev–Trinajstić information content (AvgIpc) is 2.56. The highest BCUT2D eigenvalue weighted by Gasteiger charge is 2.21. The molecule has 0 amide bonds. The molecule has 0 spiro atoms. The van der Waals surface area contributed by atoms with E-state index in [2.05, 4.69) is 4.72 Å². The fourth-order valence-electron chi connectivity index (χ4n) is 2.50. The highest BCUT2D eigenvalue weighted by Crippen LogP contribution is 2.21. The molecule has 0 saturated carbocycles. The summed E-state index contributed by atoms with van der Waals surface area (Å²) < 4.78 is 32.7. The lowest BCUT2D eigenvalue weighted by Gasteiger charge is -2.16. The zero-order valence-corrected chi connectivity index (χ0v) is 15.9. The van der Waals surface area contributed by atoms with E-state index in [1.54, 1.807) is 19.9 Å². The van der Waals surface area contributed by atoms with Gasteiger partial charge in [-0.3, -0.25) is 0 Å². The summed E-state index contributed by atoms with van der Waals surface area (Å²) >= 11 is 0. The number of sulfonamides is 1. The zero-order valence-electron chi connectivity index (χ0n) is 15.1. The van der Waals surface area contributed by atoms with Gasteiger partial charge < -0.3 is 4.74 Å². The van der Waals surface area contributed by atoms with Crippen molar-refractivity contribution in [3.8, 4) is 0 Å². The highest BCUT2D eigenvalue weighted by molar-refractivity contribution is 7.89. The molecule has 0 aromatic heterocycles. The van der Waals surface area contributed by atoms with Crippen LogP contribution in [0.3, 0.4) is 0 Å². The number of methoxy groups -OCH3 is 1. The Morgan fingerprint density at radius 2 is 1.64 bits per heavy atom. The van der Waals surface area contributed by atoms with E-state index in [9.17, 15) is 13.2 Å². The molecule has 0 saturated heterocycles. The number of carbonyl (C=O) groups excluding carboxylic acids is 1. The van der Waals surface area contributed by atoms with E-state index < -0.39 is 22.0 Å². The summed E-state index contributed by atoms with van der Waals surface area (Å²) in [6.07, 6.45) is 0. The van der Waals surface area contributed by atoms with Crippen molar-refractivity contribution in [2.45, 2.75) is 38.6 Å². The fourth-order valence-corrected chi connectivity index (χ4v) is 3.76. The first-order valence-corrected chi connectivity index (χ1v) is 9.42. The van der Waals surface area contributed by atoms with Gasteiger partial charge in [-0.15, -0.1) is 0 Å². The van der Waals surface area contributed by atoms with Crippen molar-refractivity contribution in [2.24, 2.45) is 0 Å². The first-order valence-electron chi connectivity index (χ1n) is 7.94. The Morgan fingerprint density at radius 1 is 1.00 bits per heavy atom. The number of hydrogen-bond donors (Lipinski definition) is 1. The predicted octanol–water partition coefficient (Wildman–Crippen LogP) is 3.44. The van der Waals surface area contributed by atoms with Gasteiger partial charge in [-0.25, -0.2) is 17.9 Å². The second kappa shape index (κ2) is 7.37. The van der Waals surface area contributed by atoms with Crippen LogP contribution in [0.25, 0.3) is 0 Å². The first-order chi connectivity index (χ1) is 11.7. The van der Waals surface area contributed by atoms with Crippen LogP contribution in [0, 0.1) is 20.8 Å². The zero-order chi connectivity index (χ0) is 18.8. The molecule has 0 radical (unpaired) electrons. The molecule has 2 aromatic carbocycles. The van der Waals surface area contributed by atoms with Gasteiger partial charge >= 0.3 is 5.97 Å². The average molecular weight is 361 g/mol. The number of aryl methyl sites for hydroxylation is 3. The number of benzene rings is 2.